The molecule has 1 aromatic carbocycles. The Hall–Kier alpha value is -2.66. The highest BCUT2D eigenvalue weighted by atomic mass is 32.2. The van der Waals surface area contributed by atoms with Gasteiger partial charge in [-0.3, -0.25) is 0 Å². The van der Waals surface area contributed by atoms with Crippen LogP contribution < -0.4 is 16.0 Å². The lowest BCUT2D eigenvalue weighted by atomic mass is 10.1. The summed E-state index contributed by atoms with van der Waals surface area (Å²) in [4.78, 5) is 21.4. The first-order valence-electron chi connectivity index (χ1n) is 11.5. The van der Waals surface area contributed by atoms with E-state index in [0.29, 0.717) is 11.9 Å². The molecule has 0 bridgehead atoms. The lowest BCUT2D eigenvalue weighted by molar-refractivity contribution is 0.251. The Morgan fingerprint density at radius 2 is 1.80 bits per heavy atom. The second kappa shape index (κ2) is 15.4. The molecule has 1 aromatic heterocycles. The first-order valence-corrected chi connectivity index (χ1v) is 12.7. The number of benzene rings is 1. The second-order valence-corrected chi connectivity index (χ2v) is 9.03. The minimum atomic E-state index is -0.168. The summed E-state index contributed by atoms with van der Waals surface area (Å²) >= 11 is 1.83. The Labute approximate surface area is 215 Å². The molecule has 35 heavy (non-hydrogen) atoms. The number of rotatable bonds is 8. The van der Waals surface area contributed by atoms with Crippen molar-refractivity contribution in [2.75, 3.05) is 23.5 Å². The van der Waals surface area contributed by atoms with Crippen molar-refractivity contribution in [2.45, 2.75) is 63.3 Å². The Kier molecular flexibility index (Phi) is 14.2. The summed E-state index contributed by atoms with van der Waals surface area (Å²) in [6.45, 7) is 11.9. The van der Waals surface area contributed by atoms with Crippen molar-refractivity contribution in [1.82, 2.24) is 15.3 Å². The molecule has 0 saturated heterocycles. The summed E-state index contributed by atoms with van der Waals surface area (Å²) in [5.74, 6) is 1.36. The molecule has 1 atom stereocenters. The molecule has 1 heterocycles. The number of carbonyl (C=O) groups is 1. The third-order valence-electron chi connectivity index (χ3n) is 5.27. The topological polar surface area (TPSA) is 162 Å². The predicted octanol–water partition coefficient (Wildman–Crippen LogP) is 4.24. The van der Waals surface area contributed by atoms with Crippen molar-refractivity contribution >= 4 is 29.3 Å². The molecule has 2 amide bonds. The third-order valence-corrected chi connectivity index (χ3v) is 6.67. The van der Waals surface area contributed by atoms with E-state index in [1.54, 1.807) is 0 Å². The average Bonchev–Trinajstić information content (AvgIpc) is 3.78. The number of urea groups is 1. The van der Waals surface area contributed by atoms with Gasteiger partial charge in [-0.05, 0) is 63.1 Å². The summed E-state index contributed by atoms with van der Waals surface area (Å²) in [5, 5.41) is 18.4. The zero-order valence-corrected chi connectivity index (χ0v) is 22.0. The maximum atomic E-state index is 11.9. The van der Waals surface area contributed by atoms with Crippen LogP contribution in [0.1, 0.15) is 55.0 Å². The number of nitrogens with one attached hydrogen (secondary N) is 3. The molecule has 8 N–H and O–H groups in total. The van der Waals surface area contributed by atoms with Crippen LogP contribution in [0.2, 0.25) is 0 Å². The molecule has 2 fully saturated rings. The van der Waals surface area contributed by atoms with Crippen LogP contribution >= 0.6 is 11.8 Å². The maximum Gasteiger partial charge on any atom is 0.319 e. The van der Waals surface area contributed by atoms with Crippen LogP contribution in [-0.2, 0) is 4.75 Å². The largest absolute Gasteiger partial charge is 0.412 e. The molecule has 2 aromatic rings. The number of aliphatic hydroxyl groups is 1. The molecular formula is C25H45N5O4S. The number of carbonyl (C=O) groups excluding carboxylic acids is 1. The summed E-state index contributed by atoms with van der Waals surface area (Å²) in [5.41, 5.74) is 2.64. The van der Waals surface area contributed by atoms with Crippen molar-refractivity contribution in [3.05, 3.63) is 49.2 Å². The van der Waals surface area contributed by atoms with Gasteiger partial charge in [0.05, 0.1) is 17.0 Å². The van der Waals surface area contributed by atoms with Crippen molar-refractivity contribution in [1.29, 1.82) is 0 Å². The van der Waals surface area contributed by atoms with E-state index in [9.17, 15) is 9.90 Å². The van der Waals surface area contributed by atoms with E-state index >= 15 is 0 Å². The first-order chi connectivity index (χ1) is 16.0. The molecule has 0 spiro atoms. The minimum Gasteiger partial charge on any atom is -0.412 e. The fourth-order valence-corrected chi connectivity index (χ4v) is 3.97. The van der Waals surface area contributed by atoms with Gasteiger partial charge in [0.15, 0.2) is 5.82 Å². The lowest BCUT2D eigenvalue weighted by Gasteiger charge is -2.17. The summed E-state index contributed by atoms with van der Waals surface area (Å²) in [7, 11) is 0. The van der Waals surface area contributed by atoms with Crippen LogP contribution in [0, 0.1) is 0 Å². The average molecular weight is 512 g/mol. The van der Waals surface area contributed by atoms with Gasteiger partial charge in [0.25, 0.3) is 0 Å². The van der Waals surface area contributed by atoms with Gasteiger partial charge in [0.1, 0.15) is 5.82 Å². The molecule has 2 aliphatic rings. The molecule has 4 rings (SSSR count). The number of thioether (sulfide) groups is 1. The maximum absolute atomic E-state index is 11.9. The van der Waals surface area contributed by atoms with E-state index in [1.807, 2.05) is 62.9 Å². The van der Waals surface area contributed by atoms with Crippen LogP contribution in [0.25, 0.3) is 11.4 Å². The Balaban J connectivity index is -0.00000138. The minimum absolute atomic E-state index is 0. The van der Waals surface area contributed by atoms with Gasteiger partial charge in [0, 0.05) is 32.3 Å². The number of anilines is 2. The Morgan fingerprint density at radius 3 is 2.29 bits per heavy atom. The predicted molar refractivity (Wildman–Crippen MR) is 151 cm³/mol. The lowest BCUT2D eigenvalue weighted by Crippen LogP contribution is -2.30. The van der Waals surface area contributed by atoms with Crippen molar-refractivity contribution in [3.63, 3.8) is 0 Å². The van der Waals surface area contributed by atoms with Crippen LogP contribution in [0.5, 0.6) is 0 Å². The van der Waals surface area contributed by atoms with Gasteiger partial charge >= 0.3 is 6.03 Å². The van der Waals surface area contributed by atoms with E-state index < -0.39 is 0 Å². The first kappa shape index (κ1) is 32.3. The third kappa shape index (κ3) is 9.14. The van der Waals surface area contributed by atoms with Gasteiger partial charge in [-0.15, -0.1) is 13.2 Å². The van der Waals surface area contributed by atoms with Gasteiger partial charge in [-0.1, -0.05) is 13.8 Å². The second-order valence-electron chi connectivity index (χ2n) is 7.84. The number of aromatic nitrogens is 2. The van der Waals surface area contributed by atoms with Crippen LogP contribution in [0.4, 0.5) is 16.3 Å². The number of nitrogens with zero attached hydrogens (tertiary/aromatic N) is 2. The standard InChI is InChI=1S/C21H27N5O2S.C2H6.C2H4.2H2O.2H2/c1-13(12-27)22-18-11-17(21(29-2)9-10-21)25-19(26-18)14-3-5-15(6-4-14)23-20(28)24-16-7-8-16;2*1-2;;;;/h3-6,11,13,16,27H,7-10,12H2,1-2H3,(H,22,25,26)(H2,23,24,28);1-2H3;1-2H2;2*1H2;2*1H/t13-;;;;;;/m0....../s1. The molecule has 200 valence electrons. The van der Waals surface area contributed by atoms with E-state index in [0.717, 1.165) is 48.4 Å². The fourth-order valence-electron chi connectivity index (χ4n) is 3.14. The number of hydrogen-bond acceptors (Lipinski definition) is 6. The monoisotopic (exact) mass is 511 g/mol. The zero-order chi connectivity index (χ0) is 24.4. The highest BCUT2D eigenvalue weighted by Gasteiger charge is 2.45. The van der Waals surface area contributed by atoms with E-state index in [-0.39, 0.29) is 37.2 Å². The summed E-state index contributed by atoms with van der Waals surface area (Å²) < 4.78 is 0.0684. The van der Waals surface area contributed by atoms with Crippen molar-refractivity contribution in [3.8, 4) is 11.4 Å². The van der Waals surface area contributed by atoms with Crippen LogP contribution in [-0.4, -0.2) is 57.0 Å². The van der Waals surface area contributed by atoms with Gasteiger partial charge in [-0.25, -0.2) is 14.8 Å². The molecule has 10 heteroatoms. The SMILES string of the molecule is C=C.CC.CSC1(c2cc(N[C@@H](C)CO)nc(-c3ccc(NC(=O)NC4CC4)cc3)n2)CC1.O.O.[HH].[HH]. The smallest absolute Gasteiger partial charge is 0.319 e. The van der Waals surface area contributed by atoms with Gasteiger partial charge in [0.2, 0.25) is 0 Å². The normalized spacial score (nSPS) is 15.2. The van der Waals surface area contributed by atoms with E-state index in [4.69, 9.17) is 4.98 Å². The molecular weight excluding hydrogens is 466 g/mol. The number of aliphatic hydroxyl groups excluding tert-OH is 1. The highest BCUT2D eigenvalue weighted by Crippen LogP contribution is 2.55. The highest BCUT2D eigenvalue weighted by molar-refractivity contribution is 7.99. The number of hydrogen-bond donors (Lipinski definition) is 4. The zero-order valence-electron chi connectivity index (χ0n) is 21.1. The molecule has 0 unspecified atom stereocenters. The van der Waals surface area contributed by atoms with Crippen LogP contribution in [0.15, 0.2) is 43.5 Å². The van der Waals surface area contributed by atoms with Crippen molar-refractivity contribution < 1.29 is 23.7 Å². The fraction of sp³-hybridized carbons (Fsp3) is 0.480. The Bertz CT molecular complexity index is 916. The summed E-state index contributed by atoms with van der Waals surface area (Å²) in [6, 6.07) is 9.63. The van der Waals surface area contributed by atoms with E-state index in [2.05, 4.69) is 40.3 Å². The molecule has 0 radical (unpaired) electrons. The quantitative estimate of drug-likeness (QED) is 0.387. The van der Waals surface area contributed by atoms with Crippen LogP contribution in [0.3, 0.4) is 0 Å². The molecule has 9 nitrogen and oxygen atoms in total. The number of amides is 2. The Morgan fingerprint density at radius 1 is 1.20 bits per heavy atom. The molecule has 2 aliphatic carbocycles. The summed E-state index contributed by atoms with van der Waals surface area (Å²) in [6.07, 6.45) is 6.45. The molecule has 2 saturated carbocycles. The van der Waals surface area contributed by atoms with Gasteiger partial charge < -0.3 is 32.0 Å². The van der Waals surface area contributed by atoms with E-state index in [1.165, 1.54) is 0 Å². The molecule has 0 aliphatic heterocycles. The van der Waals surface area contributed by atoms with Crippen molar-refractivity contribution in [2.24, 2.45) is 0 Å². The van der Waals surface area contributed by atoms with Gasteiger partial charge in [-0.2, -0.15) is 11.8 Å².